The second kappa shape index (κ2) is 7.00. The Morgan fingerprint density at radius 1 is 1.17 bits per heavy atom. The summed E-state index contributed by atoms with van der Waals surface area (Å²) in [7, 11) is 1.61. The highest BCUT2D eigenvalue weighted by atomic mass is 16.5. The first-order valence-corrected chi connectivity index (χ1v) is 7.67. The highest BCUT2D eigenvalue weighted by Gasteiger charge is 2.24. The van der Waals surface area contributed by atoms with E-state index in [-0.39, 0.29) is 23.8 Å². The van der Waals surface area contributed by atoms with Gasteiger partial charge in [-0.05, 0) is 35.9 Å². The number of methoxy groups -OCH3 is 1. The molecule has 3 rings (SSSR count). The van der Waals surface area contributed by atoms with E-state index in [4.69, 9.17) is 4.74 Å². The monoisotopic (exact) mass is 322 g/mol. The molecule has 5 heteroatoms. The predicted octanol–water partition coefficient (Wildman–Crippen LogP) is 3.06. The maximum Gasteiger partial charge on any atom is 0.259 e. The van der Waals surface area contributed by atoms with Crippen LogP contribution in [0.15, 0.2) is 67.0 Å². The summed E-state index contributed by atoms with van der Waals surface area (Å²) in [5, 5.41) is 11.8. The van der Waals surface area contributed by atoms with Gasteiger partial charge >= 0.3 is 0 Å². The summed E-state index contributed by atoms with van der Waals surface area (Å²) in [6.45, 7) is 0. The van der Waals surface area contributed by atoms with Crippen LogP contribution >= 0.6 is 0 Å². The van der Waals surface area contributed by atoms with E-state index in [1.165, 1.54) is 6.20 Å². The Morgan fingerprint density at radius 3 is 2.58 bits per heavy atom. The topological polar surface area (TPSA) is 69.0 Å². The van der Waals surface area contributed by atoms with E-state index >= 15 is 0 Å². The lowest BCUT2D eigenvalue weighted by atomic mass is 9.90. The second-order valence-corrected chi connectivity index (χ2v) is 5.49. The summed E-state index contributed by atoms with van der Waals surface area (Å²) in [6, 6.07) is 16.3. The first kappa shape index (κ1) is 15.8. The van der Waals surface area contributed by atoms with Gasteiger partial charge in [-0.1, -0.05) is 12.1 Å². The number of nitrogens with one attached hydrogen (secondary N) is 1. The van der Waals surface area contributed by atoms with E-state index in [0.29, 0.717) is 4.73 Å². The molecule has 0 bridgehead atoms. The van der Waals surface area contributed by atoms with Crippen molar-refractivity contribution in [2.24, 2.45) is 0 Å². The van der Waals surface area contributed by atoms with Crippen molar-refractivity contribution >= 4 is 5.78 Å². The minimum absolute atomic E-state index is 0.154. The minimum Gasteiger partial charge on any atom is -0.618 e. The first-order valence-electron chi connectivity index (χ1n) is 7.67. The Balaban J connectivity index is 1.91. The number of pyridine rings is 1. The normalized spacial score (nSPS) is 11.9. The van der Waals surface area contributed by atoms with Gasteiger partial charge in [-0.15, -0.1) is 0 Å². The van der Waals surface area contributed by atoms with Crippen LogP contribution in [0.25, 0.3) is 0 Å². The van der Waals surface area contributed by atoms with Crippen LogP contribution in [-0.4, -0.2) is 17.9 Å². The Morgan fingerprint density at radius 2 is 1.96 bits per heavy atom. The molecule has 0 radical (unpaired) electrons. The number of ketones is 1. The van der Waals surface area contributed by atoms with Crippen LogP contribution in [0.2, 0.25) is 0 Å². The summed E-state index contributed by atoms with van der Waals surface area (Å²) in [5.74, 6) is 0.412. The van der Waals surface area contributed by atoms with Crippen molar-refractivity contribution in [3.63, 3.8) is 0 Å². The standard InChI is InChI=1S/C19H18N2O3/c1-24-15-9-7-14(8-10-15)16(17-5-4-11-20-17)13-19(22)18-6-2-3-12-21(18)23/h2-12,16,20H,13H2,1H3/t16-/m1/s1. The van der Waals surface area contributed by atoms with E-state index < -0.39 is 0 Å². The van der Waals surface area contributed by atoms with Gasteiger partial charge in [0.1, 0.15) is 5.75 Å². The summed E-state index contributed by atoms with van der Waals surface area (Å²) >= 11 is 0. The Kier molecular flexibility index (Phi) is 4.61. The lowest BCUT2D eigenvalue weighted by Crippen LogP contribution is -2.34. The molecule has 2 heterocycles. The molecule has 0 spiro atoms. The van der Waals surface area contributed by atoms with Crippen LogP contribution in [-0.2, 0) is 0 Å². The maximum atomic E-state index is 12.6. The zero-order valence-corrected chi connectivity index (χ0v) is 13.3. The Bertz CT molecular complexity index is 811. The van der Waals surface area contributed by atoms with Gasteiger partial charge in [0.15, 0.2) is 6.20 Å². The lowest BCUT2D eigenvalue weighted by molar-refractivity contribution is -0.607. The molecule has 0 amide bonds. The van der Waals surface area contributed by atoms with Gasteiger partial charge in [0.25, 0.3) is 5.69 Å². The summed E-state index contributed by atoms with van der Waals surface area (Å²) in [5.41, 5.74) is 2.07. The average Bonchev–Trinajstić information content (AvgIpc) is 3.14. The van der Waals surface area contributed by atoms with Crippen molar-refractivity contribution in [3.05, 3.63) is 89.1 Å². The molecule has 0 aliphatic heterocycles. The van der Waals surface area contributed by atoms with Crippen LogP contribution < -0.4 is 9.47 Å². The fourth-order valence-corrected chi connectivity index (χ4v) is 2.74. The highest BCUT2D eigenvalue weighted by molar-refractivity contribution is 5.93. The number of H-pyrrole nitrogens is 1. The molecular formula is C19H18N2O3. The third kappa shape index (κ3) is 3.30. The average molecular weight is 322 g/mol. The van der Waals surface area contributed by atoms with E-state index in [2.05, 4.69) is 4.98 Å². The van der Waals surface area contributed by atoms with Gasteiger partial charge < -0.3 is 14.9 Å². The van der Waals surface area contributed by atoms with Gasteiger partial charge in [-0.2, -0.15) is 4.73 Å². The van der Waals surface area contributed by atoms with Crippen LogP contribution in [0.1, 0.15) is 34.1 Å². The number of aromatic nitrogens is 2. The number of ether oxygens (including phenoxy) is 1. The van der Waals surface area contributed by atoms with Crippen molar-refractivity contribution in [1.82, 2.24) is 4.98 Å². The number of hydrogen-bond donors (Lipinski definition) is 1. The van der Waals surface area contributed by atoms with Gasteiger partial charge in [0.05, 0.1) is 7.11 Å². The van der Waals surface area contributed by atoms with Crippen molar-refractivity contribution in [2.75, 3.05) is 7.11 Å². The van der Waals surface area contributed by atoms with E-state index in [1.807, 2.05) is 42.6 Å². The molecular weight excluding hydrogens is 304 g/mol. The number of carbonyl (C=O) groups is 1. The van der Waals surface area contributed by atoms with Crippen LogP contribution in [0.5, 0.6) is 5.75 Å². The SMILES string of the molecule is COc1ccc([C@@H](CC(=O)c2cccc[n+]2[O-])c2ccc[nH]2)cc1. The molecule has 1 N–H and O–H groups in total. The fourth-order valence-electron chi connectivity index (χ4n) is 2.74. The van der Waals surface area contributed by atoms with Crippen molar-refractivity contribution in [3.8, 4) is 5.75 Å². The smallest absolute Gasteiger partial charge is 0.259 e. The molecule has 122 valence electrons. The Labute approximate surface area is 140 Å². The largest absolute Gasteiger partial charge is 0.618 e. The van der Waals surface area contributed by atoms with E-state index in [1.54, 1.807) is 25.3 Å². The van der Waals surface area contributed by atoms with Gasteiger partial charge in [-0.25, -0.2) is 0 Å². The van der Waals surface area contributed by atoms with Crippen molar-refractivity contribution in [1.29, 1.82) is 0 Å². The molecule has 1 atom stereocenters. The highest BCUT2D eigenvalue weighted by Crippen LogP contribution is 2.29. The molecule has 2 aromatic heterocycles. The molecule has 24 heavy (non-hydrogen) atoms. The number of hydrogen-bond acceptors (Lipinski definition) is 3. The third-order valence-electron chi connectivity index (χ3n) is 4.01. The number of carbonyl (C=O) groups excluding carboxylic acids is 1. The molecule has 3 aromatic rings. The zero-order valence-electron chi connectivity index (χ0n) is 13.3. The fraction of sp³-hybridized carbons (Fsp3) is 0.158. The van der Waals surface area contributed by atoms with Gasteiger partial charge in [0.2, 0.25) is 5.78 Å². The molecule has 0 aliphatic carbocycles. The second-order valence-electron chi connectivity index (χ2n) is 5.49. The van der Waals surface area contributed by atoms with Gasteiger partial charge in [0, 0.05) is 36.4 Å². The molecule has 0 fully saturated rings. The molecule has 0 saturated heterocycles. The number of nitrogens with zero attached hydrogens (tertiary/aromatic N) is 1. The summed E-state index contributed by atoms with van der Waals surface area (Å²) in [4.78, 5) is 15.8. The summed E-state index contributed by atoms with van der Waals surface area (Å²) in [6.07, 6.45) is 3.37. The van der Waals surface area contributed by atoms with Crippen LogP contribution in [0.3, 0.4) is 0 Å². The quantitative estimate of drug-likeness (QED) is 0.431. The zero-order chi connectivity index (χ0) is 16.9. The van der Waals surface area contributed by atoms with E-state index in [0.717, 1.165) is 17.0 Å². The Hall–Kier alpha value is -3.08. The molecule has 0 unspecified atom stereocenters. The first-order chi connectivity index (χ1) is 11.7. The van der Waals surface area contributed by atoms with Gasteiger partial charge in [-0.3, -0.25) is 4.79 Å². The molecule has 0 saturated carbocycles. The number of benzene rings is 1. The number of aromatic amines is 1. The molecule has 1 aromatic carbocycles. The minimum atomic E-state index is -0.194. The summed E-state index contributed by atoms with van der Waals surface area (Å²) < 4.78 is 5.80. The lowest BCUT2D eigenvalue weighted by Gasteiger charge is -2.16. The third-order valence-corrected chi connectivity index (χ3v) is 4.01. The van der Waals surface area contributed by atoms with Crippen molar-refractivity contribution in [2.45, 2.75) is 12.3 Å². The van der Waals surface area contributed by atoms with E-state index in [9.17, 15) is 10.0 Å². The molecule has 5 nitrogen and oxygen atoms in total. The maximum absolute atomic E-state index is 12.6. The number of Topliss-reactive ketones (excluding diaryl/α,β-unsaturated/α-hetero) is 1. The van der Waals surface area contributed by atoms with Crippen LogP contribution in [0.4, 0.5) is 0 Å². The predicted molar refractivity (Wildman–Crippen MR) is 90.0 cm³/mol. The molecule has 0 aliphatic rings. The number of rotatable bonds is 6. The van der Waals surface area contributed by atoms with Crippen LogP contribution in [0, 0.1) is 5.21 Å². The van der Waals surface area contributed by atoms with Crippen molar-refractivity contribution < 1.29 is 14.3 Å².